The van der Waals surface area contributed by atoms with E-state index in [0.717, 1.165) is 18.4 Å². The van der Waals surface area contributed by atoms with E-state index in [1.165, 1.54) is 6.08 Å². The van der Waals surface area contributed by atoms with Crippen molar-refractivity contribution in [2.75, 3.05) is 13.1 Å². The Kier molecular flexibility index (Phi) is 3.52. The summed E-state index contributed by atoms with van der Waals surface area (Å²) in [6, 6.07) is 7.46. The van der Waals surface area contributed by atoms with Crippen molar-refractivity contribution in [1.82, 2.24) is 9.88 Å². The van der Waals surface area contributed by atoms with Crippen molar-refractivity contribution in [3.8, 4) is 0 Å². The lowest BCUT2D eigenvalue weighted by molar-refractivity contribution is -0.128. The van der Waals surface area contributed by atoms with Gasteiger partial charge in [0, 0.05) is 25.2 Å². The van der Waals surface area contributed by atoms with Crippen molar-refractivity contribution >= 4 is 23.1 Å². The zero-order chi connectivity index (χ0) is 13.9. The second kappa shape index (κ2) is 5.46. The molecule has 5 nitrogen and oxygen atoms in total. The summed E-state index contributed by atoms with van der Waals surface area (Å²) in [6.07, 6.45) is 4.21. The number of oxazole rings is 1. The van der Waals surface area contributed by atoms with Gasteiger partial charge in [-0.2, -0.15) is 0 Å². The fourth-order valence-corrected chi connectivity index (χ4v) is 2.36. The third kappa shape index (κ3) is 2.72. The number of aromatic nitrogens is 1. The quantitative estimate of drug-likeness (QED) is 0.847. The van der Waals surface area contributed by atoms with Crippen LogP contribution in [0, 0.1) is 0 Å². The highest BCUT2D eigenvalue weighted by atomic mass is 16.3. The number of likely N-dealkylation sites (tertiary alicyclic amines) is 1. The number of piperidine rings is 1. The minimum absolute atomic E-state index is 0.119. The average Bonchev–Trinajstić information content (AvgIpc) is 2.87. The minimum atomic E-state index is -0.412. The second-order valence-corrected chi connectivity index (χ2v) is 4.93. The molecule has 1 aliphatic heterocycles. The Balaban J connectivity index is 1.71. The molecule has 1 aromatic heterocycles. The lowest BCUT2D eigenvalue weighted by Gasteiger charge is -2.29. The summed E-state index contributed by atoms with van der Waals surface area (Å²) in [6.45, 7) is 1.09. The van der Waals surface area contributed by atoms with Crippen LogP contribution in [0.4, 0.5) is 0 Å². The summed E-state index contributed by atoms with van der Waals surface area (Å²) in [5.41, 5.74) is 1.47. The van der Waals surface area contributed by atoms with E-state index in [9.17, 15) is 9.90 Å². The first-order chi connectivity index (χ1) is 9.72. The Hall–Kier alpha value is -2.14. The molecule has 2 heterocycles. The fraction of sp³-hybridized carbons (Fsp3) is 0.333. The lowest BCUT2D eigenvalue weighted by Crippen LogP contribution is -2.41. The van der Waals surface area contributed by atoms with E-state index in [4.69, 9.17) is 4.42 Å². The summed E-state index contributed by atoms with van der Waals surface area (Å²) in [7, 11) is 0. The molecule has 2 aromatic rings. The number of amides is 1. The number of β-amino-alcohol motifs (C(OH)–C–C–N with tert-alkyl or cyclic N) is 1. The maximum Gasteiger partial charge on any atom is 0.246 e. The molecule has 0 spiro atoms. The highest BCUT2D eigenvalue weighted by molar-refractivity contribution is 5.91. The van der Waals surface area contributed by atoms with Crippen LogP contribution >= 0.6 is 0 Å². The molecule has 0 radical (unpaired) electrons. The number of aliphatic hydroxyl groups is 1. The van der Waals surface area contributed by atoms with E-state index >= 15 is 0 Å². The number of hydrogen-bond acceptors (Lipinski definition) is 4. The van der Waals surface area contributed by atoms with Gasteiger partial charge in [-0.15, -0.1) is 0 Å². The van der Waals surface area contributed by atoms with Crippen LogP contribution < -0.4 is 0 Å². The zero-order valence-corrected chi connectivity index (χ0v) is 11.0. The average molecular weight is 272 g/mol. The lowest BCUT2D eigenvalue weighted by atomic mass is 10.1. The monoisotopic (exact) mass is 272 g/mol. The van der Waals surface area contributed by atoms with Crippen LogP contribution in [0.5, 0.6) is 0 Å². The number of para-hydroxylation sites is 2. The van der Waals surface area contributed by atoms with Crippen LogP contribution in [-0.2, 0) is 4.79 Å². The number of carbonyl (C=O) groups excluding carboxylic acids is 1. The van der Waals surface area contributed by atoms with Crippen LogP contribution in [-0.4, -0.2) is 40.1 Å². The summed E-state index contributed by atoms with van der Waals surface area (Å²) in [5.74, 6) is 0.295. The van der Waals surface area contributed by atoms with Crippen molar-refractivity contribution in [3.05, 3.63) is 36.2 Å². The summed E-state index contributed by atoms with van der Waals surface area (Å²) < 4.78 is 5.51. The van der Waals surface area contributed by atoms with Crippen molar-refractivity contribution < 1.29 is 14.3 Å². The molecule has 0 aliphatic carbocycles. The van der Waals surface area contributed by atoms with Gasteiger partial charge < -0.3 is 14.4 Å². The third-order valence-electron chi connectivity index (χ3n) is 3.39. The van der Waals surface area contributed by atoms with E-state index in [-0.39, 0.29) is 5.91 Å². The van der Waals surface area contributed by atoms with Gasteiger partial charge in [-0.3, -0.25) is 4.79 Å². The number of fused-ring (bicyclic) bond motifs is 1. The van der Waals surface area contributed by atoms with Gasteiger partial charge in [0.1, 0.15) is 5.52 Å². The molecule has 0 bridgehead atoms. The first kappa shape index (κ1) is 12.9. The topological polar surface area (TPSA) is 66.6 Å². The molecule has 0 unspecified atom stereocenters. The van der Waals surface area contributed by atoms with Crippen molar-refractivity contribution in [3.63, 3.8) is 0 Å². The molecule has 1 atom stereocenters. The molecule has 20 heavy (non-hydrogen) atoms. The van der Waals surface area contributed by atoms with Crippen LogP contribution in [0.25, 0.3) is 17.2 Å². The van der Waals surface area contributed by atoms with Crippen LogP contribution in [0.3, 0.4) is 0 Å². The Labute approximate surface area is 116 Å². The van der Waals surface area contributed by atoms with E-state index < -0.39 is 6.10 Å². The van der Waals surface area contributed by atoms with Gasteiger partial charge in [0.2, 0.25) is 11.8 Å². The molecular formula is C15H16N2O3. The molecule has 1 fully saturated rings. The fourth-order valence-electron chi connectivity index (χ4n) is 2.36. The van der Waals surface area contributed by atoms with Gasteiger partial charge >= 0.3 is 0 Å². The summed E-state index contributed by atoms with van der Waals surface area (Å²) in [5, 5.41) is 9.56. The zero-order valence-electron chi connectivity index (χ0n) is 11.0. The van der Waals surface area contributed by atoms with Gasteiger partial charge in [-0.1, -0.05) is 12.1 Å². The van der Waals surface area contributed by atoms with Gasteiger partial charge in [-0.05, 0) is 25.0 Å². The Morgan fingerprint density at radius 3 is 3.10 bits per heavy atom. The summed E-state index contributed by atoms with van der Waals surface area (Å²) in [4.78, 5) is 17.9. The molecule has 1 N–H and O–H groups in total. The molecule has 0 saturated carbocycles. The van der Waals surface area contributed by atoms with Crippen molar-refractivity contribution in [1.29, 1.82) is 0 Å². The standard InChI is InChI=1S/C15H16N2O3/c18-11-4-3-9-17(10-11)15(19)8-7-14-16-12-5-1-2-6-13(12)20-14/h1-2,5-8,11,18H,3-4,9-10H2/b8-7+/t11-/m0/s1. The Bertz CT molecular complexity index is 614. The molecule has 3 rings (SSSR count). The first-order valence-corrected chi connectivity index (χ1v) is 6.73. The molecule has 1 saturated heterocycles. The van der Waals surface area contributed by atoms with E-state index in [1.807, 2.05) is 24.3 Å². The van der Waals surface area contributed by atoms with Crippen molar-refractivity contribution in [2.24, 2.45) is 0 Å². The van der Waals surface area contributed by atoms with E-state index in [0.29, 0.717) is 24.6 Å². The van der Waals surface area contributed by atoms with Gasteiger partial charge in [-0.25, -0.2) is 4.98 Å². The van der Waals surface area contributed by atoms with Crippen LogP contribution in [0.15, 0.2) is 34.8 Å². The van der Waals surface area contributed by atoms with Gasteiger partial charge in [0.05, 0.1) is 6.10 Å². The normalized spacial score (nSPS) is 19.9. The van der Waals surface area contributed by atoms with Crippen LogP contribution in [0.2, 0.25) is 0 Å². The van der Waals surface area contributed by atoms with Crippen LogP contribution in [0.1, 0.15) is 18.7 Å². The van der Waals surface area contributed by atoms with E-state index in [1.54, 1.807) is 11.0 Å². The van der Waals surface area contributed by atoms with Gasteiger partial charge in [0.15, 0.2) is 5.58 Å². The number of nitrogens with zero attached hydrogens (tertiary/aromatic N) is 2. The number of hydrogen-bond donors (Lipinski definition) is 1. The smallest absolute Gasteiger partial charge is 0.246 e. The molecule has 1 amide bonds. The molecule has 104 valence electrons. The minimum Gasteiger partial charge on any atom is -0.437 e. The Morgan fingerprint density at radius 2 is 2.30 bits per heavy atom. The maximum absolute atomic E-state index is 12.0. The third-order valence-corrected chi connectivity index (χ3v) is 3.39. The predicted molar refractivity (Wildman–Crippen MR) is 74.9 cm³/mol. The SMILES string of the molecule is O=C(/C=C/c1nc2ccccc2o1)N1CCC[C@H](O)C1. The van der Waals surface area contributed by atoms with E-state index in [2.05, 4.69) is 4.98 Å². The number of rotatable bonds is 2. The number of carbonyl (C=O) groups is 1. The molecule has 1 aromatic carbocycles. The maximum atomic E-state index is 12.0. The number of benzene rings is 1. The largest absolute Gasteiger partial charge is 0.437 e. The molecule has 5 heteroatoms. The molecule has 1 aliphatic rings. The predicted octanol–water partition coefficient (Wildman–Crippen LogP) is 1.82. The highest BCUT2D eigenvalue weighted by Gasteiger charge is 2.20. The highest BCUT2D eigenvalue weighted by Crippen LogP contribution is 2.16. The Morgan fingerprint density at radius 1 is 1.45 bits per heavy atom. The summed E-state index contributed by atoms with van der Waals surface area (Å²) >= 11 is 0. The molecular weight excluding hydrogens is 256 g/mol. The first-order valence-electron chi connectivity index (χ1n) is 6.73. The van der Waals surface area contributed by atoms with Crippen molar-refractivity contribution in [2.45, 2.75) is 18.9 Å². The van der Waals surface area contributed by atoms with Gasteiger partial charge in [0.25, 0.3) is 0 Å². The number of aliphatic hydroxyl groups excluding tert-OH is 1. The second-order valence-electron chi connectivity index (χ2n) is 4.93.